The first kappa shape index (κ1) is 14.9. The van der Waals surface area contributed by atoms with Crippen LogP contribution >= 0.6 is 68.0 Å². The standard InChI is InChI=1S/C10H9BrClNS2.BrH/c11-6-10(12)7-13-9(15-10)14-8-4-2-1-3-5-8;/h1-5H,6-7H2;1H. The molecule has 0 radical (unpaired) electrons. The second-order valence-electron chi connectivity index (χ2n) is 3.12. The van der Waals surface area contributed by atoms with Crippen LogP contribution in [0.3, 0.4) is 0 Å². The molecule has 1 nitrogen and oxygen atoms in total. The maximum absolute atomic E-state index is 6.30. The third-order valence-electron chi connectivity index (χ3n) is 1.86. The minimum absolute atomic E-state index is 0. The summed E-state index contributed by atoms with van der Waals surface area (Å²) in [6.45, 7) is 0.680. The van der Waals surface area contributed by atoms with E-state index in [1.807, 2.05) is 18.2 Å². The lowest BCUT2D eigenvalue weighted by Crippen LogP contribution is -2.18. The molecule has 1 aliphatic heterocycles. The Morgan fingerprint density at radius 1 is 1.44 bits per heavy atom. The predicted octanol–water partition coefficient (Wildman–Crippen LogP) is 4.79. The highest BCUT2D eigenvalue weighted by Crippen LogP contribution is 2.43. The van der Waals surface area contributed by atoms with Gasteiger partial charge in [0.25, 0.3) is 0 Å². The van der Waals surface area contributed by atoms with Gasteiger partial charge in [-0.25, -0.2) is 0 Å². The fraction of sp³-hybridized carbons (Fsp3) is 0.300. The van der Waals surface area contributed by atoms with E-state index in [-0.39, 0.29) is 21.2 Å². The van der Waals surface area contributed by atoms with Crippen molar-refractivity contribution in [3.63, 3.8) is 0 Å². The second kappa shape index (κ2) is 6.69. The number of hydrogen-bond donors (Lipinski definition) is 0. The van der Waals surface area contributed by atoms with Gasteiger partial charge in [0, 0.05) is 10.2 Å². The summed E-state index contributed by atoms with van der Waals surface area (Å²) in [6.07, 6.45) is 0. The van der Waals surface area contributed by atoms with Crippen molar-refractivity contribution in [3.8, 4) is 0 Å². The van der Waals surface area contributed by atoms with Gasteiger partial charge in [-0.05, 0) is 12.1 Å². The van der Waals surface area contributed by atoms with Gasteiger partial charge >= 0.3 is 0 Å². The maximum atomic E-state index is 6.30. The van der Waals surface area contributed by atoms with E-state index in [1.54, 1.807) is 23.5 Å². The van der Waals surface area contributed by atoms with E-state index in [0.717, 1.165) is 9.71 Å². The number of thioether (sulfide) groups is 2. The predicted molar refractivity (Wildman–Crippen MR) is 84.9 cm³/mol. The molecular formula is C10H10Br2ClNS2. The zero-order valence-corrected chi connectivity index (χ0v) is 13.9. The highest BCUT2D eigenvalue weighted by molar-refractivity contribution is 9.09. The fourth-order valence-electron chi connectivity index (χ4n) is 1.12. The molecule has 0 aromatic heterocycles. The Morgan fingerprint density at radius 3 is 2.69 bits per heavy atom. The molecule has 1 atom stereocenters. The van der Waals surface area contributed by atoms with Crippen molar-refractivity contribution >= 4 is 72.4 Å². The highest BCUT2D eigenvalue weighted by atomic mass is 79.9. The van der Waals surface area contributed by atoms with E-state index in [4.69, 9.17) is 11.6 Å². The topological polar surface area (TPSA) is 12.4 Å². The molecule has 1 aromatic carbocycles. The SMILES string of the molecule is Br.ClC1(CBr)CN=C(Sc2ccccc2)S1. The van der Waals surface area contributed by atoms with Crippen molar-refractivity contribution in [1.82, 2.24) is 0 Å². The summed E-state index contributed by atoms with van der Waals surface area (Å²) in [5, 5.41) is 0.759. The van der Waals surface area contributed by atoms with Gasteiger partial charge in [0.05, 0.1) is 6.54 Å². The molecule has 0 saturated carbocycles. The van der Waals surface area contributed by atoms with Crippen LogP contribution in [0.15, 0.2) is 40.2 Å². The van der Waals surface area contributed by atoms with Gasteiger partial charge in [0.15, 0.2) is 0 Å². The van der Waals surface area contributed by atoms with E-state index in [9.17, 15) is 0 Å². The molecule has 6 heteroatoms. The zero-order valence-electron chi connectivity index (χ0n) is 8.23. The summed E-state index contributed by atoms with van der Waals surface area (Å²) in [5.41, 5.74) is 0. The largest absolute Gasteiger partial charge is 0.269 e. The van der Waals surface area contributed by atoms with E-state index in [0.29, 0.717) is 6.54 Å². The van der Waals surface area contributed by atoms with E-state index in [1.165, 1.54) is 4.90 Å². The molecule has 0 aliphatic carbocycles. The molecule has 88 valence electrons. The lowest BCUT2D eigenvalue weighted by Gasteiger charge is -2.14. The molecule has 0 bridgehead atoms. The van der Waals surface area contributed by atoms with Crippen molar-refractivity contribution in [2.75, 3.05) is 11.9 Å². The van der Waals surface area contributed by atoms with Gasteiger partial charge in [-0.2, -0.15) is 0 Å². The van der Waals surface area contributed by atoms with Crippen LogP contribution in [-0.2, 0) is 0 Å². The molecule has 0 saturated heterocycles. The number of halogens is 3. The van der Waals surface area contributed by atoms with Crippen molar-refractivity contribution < 1.29 is 0 Å². The van der Waals surface area contributed by atoms with E-state index < -0.39 is 0 Å². The highest BCUT2D eigenvalue weighted by Gasteiger charge is 2.34. The monoisotopic (exact) mass is 401 g/mol. The van der Waals surface area contributed by atoms with Crippen LogP contribution in [0.25, 0.3) is 0 Å². The third kappa shape index (κ3) is 3.95. The van der Waals surface area contributed by atoms with Crippen molar-refractivity contribution in [2.45, 2.75) is 9.10 Å². The van der Waals surface area contributed by atoms with Gasteiger partial charge in [-0.15, -0.1) is 28.6 Å². The first-order chi connectivity index (χ1) is 7.22. The summed E-state index contributed by atoms with van der Waals surface area (Å²) < 4.78 is 0.771. The molecule has 0 amide bonds. The van der Waals surface area contributed by atoms with Crippen LogP contribution < -0.4 is 0 Å². The molecule has 0 N–H and O–H groups in total. The minimum atomic E-state index is -0.281. The zero-order chi connectivity index (χ0) is 10.7. The fourth-order valence-corrected chi connectivity index (χ4v) is 4.24. The first-order valence-electron chi connectivity index (χ1n) is 4.43. The van der Waals surface area contributed by atoms with Crippen LogP contribution in [0, 0.1) is 0 Å². The minimum Gasteiger partial charge on any atom is -0.269 e. The first-order valence-corrected chi connectivity index (χ1v) is 7.56. The number of hydrogen-bond acceptors (Lipinski definition) is 3. The molecule has 0 fully saturated rings. The van der Waals surface area contributed by atoms with Crippen molar-refractivity contribution in [3.05, 3.63) is 30.3 Å². The summed E-state index contributed by atoms with van der Waals surface area (Å²) in [4.78, 5) is 5.64. The smallest absolute Gasteiger partial charge is 0.131 e. The maximum Gasteiger partial charge on any atom is 0.131 e. The number of rotatable bonds is 2. The molecule has 2 rings (SSSR count). The number of aliphatic imine (C=N–C) groups is 1. The molecule has 1 aromatic rings. The lowest BCUT2D eigenvalue weighted by atomic mass is 10.4. The molecule has 1 aliphatic rings. The average Bonchev–Trinajstić information content (AvgIpc) is 2.63. The van der Waals surface area contributed by atoms with Crippen molar-refractivity contribution in [2.24, 2.45) is 4.99 Å². The Bertz CT molecular complexity index is 374. The third-order valence-corrected chi connectivity index (χ3v) is 6.25. The van der Waals surface area contributed by atoms with E-state index in [2.05, 4.69) is 33.1 Å². The van der Waals surface area contributed by atoms with Crippen LogP contribution in [0.2, 0.25) is 0 Å². The van der Waals surface area contributed by atoms with Gasteiger partial charge in [0.1, 0.15) is 8.58 Å². The van der Waals surface area contributed by atoms with Gasteiger partial charge in [0.2, 0.25) is 0 Å². The Hall–Kier alpha value is 0.840. The van der Waals surface area contributed by atoms with Gasteiger partial charge < -0.3 is 0 Å². The Morgan fingerprint density at radius 2 is 2.12 bits per heavy atom. The number of alkyl halides is 2. The Kier molecular flexibility index (Phi) is 6.23. The van der Waals surface area contributed by atoms with Crippen LogP contribution in [0.4, 0.5) is 0 Å². The van der Waals surface area contributed by atoms with Gasteiger partial charge in [-0.1, -0.05) is 57.7 Å². The molecule has 0 spiro atoms. The Balaban J connectivity index is 0.00000128. The van der Waals surface area contributed by atoms with Crippen LogP contribution in [0.5, 0.6) is 0 Å². The Labute approximate surface area is 128 Å². The van der Waals surface area contributed by atoms with Gasteiger partial charge in [-0.3, -0.25) is 4.99 Å². The normalized spacial score (nSPS) is 23.8. The lowest BCUT2D eigenvalue weighted by molar-refractivity contribution is 0.920. The molecule has 16 heavy (non-hydrogen) atoms. The summed E-state index contributed by atoms with van der Waals surface area (Å²) >= 11 is 13.0. The van der Waals surface area contributed by atoms with Crippen LogP contribution in [-0.4, -0.2) is 20.5 Å². The average molecular weight is 404 g/mol. The van der Waals surface area contributed by atoms with E-state index >= 15 is 0 Å². The summed E-state index contributed by atoms with van der Waals surface area (Å²) in [7, 11) is 0. The molecule has 1 unspecified atom stereocenters. The molecular weight excluding hydrogens is 394 g/mol. The second-order valence-corrected chi connectivity index (χ2v) is 7.32. The van der Waals surface area contributed by atoms with Crippen LogP contribution in [0.1, 0.15) is 0 Å². The summed E-state index contributed by atoms with van der Waals surface area (Å²) in [5.74, 6) is 0. The number of benzene rings is 1. The number of nitrogens with zero attached hydrogens (tertiary/aromatic N) is 1. The summed E-state index contributed by atoms with van der Waals surface area (Å²) in [6, 6.07) is 10.2. The van der Waals surface area contributed by atoms with Crippen molar-refractivity contribution in [1.29, 1.82) is 0 Å². The molecule has 1 heterocycles. The quantitative estimate of drug-likeness (QED) is 0.658.